The van der Waals surface area contributed by atoms with Gasteiger partial charge in [0, 0.05) is 19.7 Å². The molecule has 0 atom stereocenters. The fraction of sp³-hybridized carbons (Fsp3) is 0.917. The lowest BCUT2D eigenvalue weighted by atomic mass is 9.81. The van der Waals surface area contributed by atoms with Crippen molar-refractivity contribution in [2.24, 2.45) is 5.41 Å². The van der Waals surface area contributed by atoms with Crippen LogP contribution in [0.1, 0.15) is 26.7 Å². The van der Waals surface area contributed by atoms with E-state index < -0.39 is 0 Å². The van der Waals surface area contributed by atoms with E-state index in [4.69, 9.17) is 4.74 Å². The first-order chi connectivity index (χ1) is 7.61. The summed E-state index contributed by atoms with van der Waals surface area (Å²) >= 11 is 0. The molecule has 1 N–H and O–H groups in total. The summed E-state index contributed by atoms with van der Waals surface area (Å²) in [4.78, 5) is 13.6. The third-order valence-electron chi connectivity index (χ3n) is 3.31. The van der Waals surface area contributed by atoms with Crippen LogP contribution in [0.2, 0.25) is 0 Å². The Bertz CT molecular complexity index is 223. The van der Waals surface area contributed by atoms with Gasteiger partial charge in [-0.15, -0.1) is 0 Å². The first-order valence-electron chi connectivity index (χ1n) is 6.11. The Morgan fingerprint density at radius 1 is 1.44 bits per heavy atom. The number of hydrogen-bond donors (Lipinski definition) is 1. The highest BCUT2D eigenvalue weighted by atomic mass is 16.5. The molecule has 0 aromatic rings. The average molecular weight is 228 g/mol. The molecule has 0 unspecified atom stereocenters. The molecule has 94 valence electrons. The molecule has 4 nitrogen and oxygen atoms in total. The largest absolute Gasteiger partial charge is 0.381 e. The van der Waals surface area contributed by atoms with Crippen molar-refractivity contribution in [2.45, 2.75) is 26.7 Å². The number of ether oxygens (including phenoxy) is 1. The Kier molecular flexibility index (Phi) is 5.22. The summed E-state index contributed by atoms with van der Waals surface area (Å²) in [5, 5.41) is 2.90. The molecule has 0 saturated carbocycles. The molecule has 1 fully saturated rings. The van der Waals surface area contributed by atoms with Crippen LogP contribution in [0.3, 0.4) is 0 Å². The molecular weight excluding hydrogens is 204 g/mol. The first kappa shape index (κ1) is 13.5. The number of likely N-dealkylation sites (tertiary alicyclic amines) is 1. The zero-order chi connectivity index (χ0) is 12.0. The lowest BCUT2D eigenvalue weighted by Crippen LogP contribution is -2.46. The van der Waals surface area contributed by atoms with Crippen LogP contribution in [0.25, 0.3) is 0 Å². The van der Waals surface area contributed by atoms with E-state index in [1.165, 1.54) is 0 Å². The van der Waals surface area contributed by atoms with Gasteiger partial charge in [0.1, 0.15) is 0 Å². The number of carbonyl (C=O) groups is 1. The average Bonchev–Trinajstić information content (AvgIpc) is 2.28. The van der Waals surface area contributed by atoms with Gasteiger partial charge in [0.15, 0.2) is 0 Å². The lowest BCUT2D eigenvalue weighted by Gasteiger charge is -2.39. The molecule has 4 heteroatoms. The van der Waals surface area contributed by atoms with E-state index in [-0.39, 0.29) is 11.3 Å². The number of likely N-dealkylation sites (N-methyl/N-ethyl adjacent to an activating group) is 1. The minimum atomic E-state index is 0.209. The van der Waals surface area contributed by atoms with Crippen LogP contribution in [0, 0.1) is 5.41 Å². The number of amides is 1. The van der Waals surface area contributed by atoms with Crippen molar-refractivity contribution in [2.75, 3.05) is 39.9 Å². The first-order valence-corrected chi connectivity index (χ1v) is 6.11. The number of nitrogens with zero attached hydrogens (tertiary/aromatic N) is 1. The molecule has 1 aliphatic rings. The Labute approximate surface area is 98.3 Å². The SMILES string of the molecule is CCOCC1(C)CCN(C(=O)CNC)CC1. The van der Waals surface area contributed by atoms with Crippen LogP contribution in [-0.4, -0.2) is 50.7 Å². The van der Waals surface area contributed by atoms with Crippen molar-refractivity contribution < 1.29 is 9.53 Å². The summed E-state index contributed by atoms with van der Waals surface area (Å²) in [6, 6.07) is 0. The number of rotatable bonds is 5. The van der Waals surface area contributed by atoms with Crippen LogP contribution in [0.5, 0.6) is 0 Å². The lowest BCUT2D eigenvalue weighted by molar-refractivity contribution is -0.133. The van der Waals surface area contributed by atoms with Crippen molar-refractivity contribution in [1.29, 1.82) is 0 Å². The smallest absolute Gasteiger partial charge is 0.236 e. The standard InChI is InChI=1S/C12H24N2O2/c1-4-16-10-12(2)5-7-14(8-6-12)11(15)9-13-3/h13H,4-10H2,1-3H3. The molecule has 1 rings (SSSR count). The monoisotopic (exact) mass is 228 g/mol. The van der Waals surface area contributed by atoms with Crippen LogP contribution in [-0.2, 0) is 9.53 Å². The summed E-state index contributed by atoms with van der Waals surface area (Å²) in [5.41, 5.74) is 0.256. The van der Waals surface area contributed by atoms with Gasteiger partial charge in [-0.05, 0) is 32.2 Å². The molecule has 1 amide bonds. The third-order valence-corrected chi connectivity index (χ3v) is 3.31. The van der Waals surface area contributed by atoms with Gasteiger partial charge in [0.05, 0.1) is 13.2 Å². The number of nitrogens with one attached hydrogen (secondary N) is 1. The highest BCUT2D eigenvalue weighted by Gasteiger charge is 2.31. The van der Waals surface area contributed by atoms with Crippen molar-refractivity contribution in [1.82, 2.24) is 10.2 Å². The molecule has 1 aliphatic heterocycles. The molecule has 0 bridgehead atoms. The normalized spacial score (nSPS) is 19.8. The second-order valence-electron chi connectivity index (χ2n) is 4.86. The topological polar surface area (TPSA) is 41.6 Å². The maximum atomic E-state index is 11.7. The van der Waals surface area contributed by atoms with Crippen LogP contribution >= 0.6 is 0 Å². The maximum absolute atomic E-state index is 11.7. The maximum Gasteiger partial charge on any atom is 0.236 e. The van der Waals surface area contributed by atoms with Gasteiger partial charge in [0.2, 0.25) is 5.91 Å². The van der Waals surface area contributed by atoms with Crippen molar-refractivity contribution in [3.8, 4) is 0 Å². The number of carbonyl (C=O) groups excluding carboxylic acids is 1. The predicted molar refractivity (Wildman–Crippen MR) is 64.3 cm³/mol. The van der Waals surface area contributed by atoms with E-state index >= 15 is 0 Å². The summed E-state index contributed by atoms with van der Waals surface area (Å²) in [6.45, 7) is 8.05. The molecule has 0 aliphatic carbocycles. The Morgan fingerprint density at radius 2 is 2.06 bits per heavy atom. The van der Waals surface area contributed by atoms with Crippen molar-refractivity contribution in [3.63, 3.8) is 0 Å². The summed E-state index contributed by atoms with van der Waals surface area (Å²) in [7, 11) is 1.81. The fourth-order valence-corrected chi connectivity index (χ4v) is 2.05. The van der Waals surface area contributed by atoms with E-state index in [0.717, 1.165) is 39.1 Å². The van der Waals surface area contributed by atoms with Gasteiger partial charge in [-0.1, -0.05) is 6.92 Å². The Morgan fingerprint density at radius 3 is 2.56 bits per heavy atom. The highest BCUT2D eigenvalue weighted by molar-refractivity contribution is 5.78. The minimum Gasteiger partial charge on any atom is -0.381 e. The van der Waals surface area contributed by atoms with Gasteiger partial charge < -0.3 is 15.0 Å². The minimum absolute atomic E-state index is 0.209. The quantitative estimate of drug-likeness (QED) is 0.759. The van der Waals surface area contributed by atoms with Crippen LogP contribution in [0.15, 0.2) is 0 Å². The Balaban J connectivity index is 2.35. The van der Waals surface area contributed by atoms with E-state index in [1.807, 2.05) is 11.8 Å². The van der Waals surface area contributed by atoms with Crippen LogP contribution < -0.4 is 5.32 Å². The Hall–Kier alpha value is -0.610. The van der Waals surface area contributed by atoms with Crippen molar-refractivity contribution >= 4 is 5.91 Å². The highest BCUT2D eigenvalue weighted by Crippen LogP contribution is 2.31. The number of piperidine rings is 1. The molecule has 16 heavy (non-hydrogen) atoms. The van der Waals surface area contributed by atoms with Gasteiger partial charge in [0.25, 0.3) is 0 Å². The molecule has 0 aromatic heterocycles. The summed E-state index contributed by atoms with van der Waals surface area (Å²) < 4.78 is 5.50. The zero-order valence-corrected chi connectivity index (χ0v) is 10.7. The van der Waals surface area contributed by atoms with Crippen LogP contribution in [0.4, 0.5) is 0 Å². The van der Waals surface area contributed by atoms with E-state index in [0.29, 0.717) is 6.54 Å². The molecule has 1 heterocycles. The molecule has 1 saturated heterocycles. The predicted octanol–water partition coefficient (Wildman–Crippen LogP) is 0.871. The summed E-state index contributed by atoms with van der Waals surface area (Å²) in [5.74, 6) is 0.209. The van der Waals surface area contributed by atoms with Gasteiger partial charge in [-0.25, -0.2) is 0 Å². The van der Waals surface area contributed by atoms with E-state index in [2.05, 4.69) is 12.2 Å². The molecular formula is C12H24N2O2. The second kappa shape index (κ2) is 6.21. The zero-order valence-electron chi connectivity index (χ0n) is 10.7. The van der Waals surface area contributed by atoms with E-state index in [9.17, 15) is 4.79 Å². The molecule has 0 spiro atoms. The van der Waals surface area contributed by atoms with Gasteiger partial charge >= 0.3 is 0 Å². The van der Waals surface area contributed by atoms with Gasteiger partial charge in [-0.3, -0.25) is 4.79 Å². The molecule has 0 aromatic carbocycles. The van der Waals surface area contributed by atoms with Crippen molar-refractivity contribution in [3.05, 3.63) is 0 Å². The second-order valence-corrected chi connectivity index (χ2v) is 4.86. The number of hydrogen-bond acceptors (Lipinski definition) is 3. The van der Waals surface area contributed by atoms with E-state index in [1.54, 1.807) is 7.05 Å². The molecule has 0 radical (unpaired) electrons. The fourth-order valence-electron chi connectivity index (χ4n) is 2.05. The summed E-state index contributed by atoms with van der Waals surface area (Å²) in [6.07, 6.45) is 2.09. The van der Waals surface area contributed by atoms with Gasteiger partial charge in [-0.2, -0.15) is 0 Å². The third kappa shape index (κ3) is 3.76.